The lowest BCUT2D eigenvalue weighted by Crippen LogP contribution is -2.42. The average Bonchev–Trinajstić information content (AvgIpc) is 2.90. The molecule has 0 aromatic carbocycles. The maximum Gasteiger partial charge on any atom is 0.331 e. The topological polar surface area (TPSA) is 93.8 Å². The first-order valence-electron chi connectivity index (χ1n) is 6.54. The number of aliphatic carboxylic acids is 1. The molecule has 0 spiro atoms. The van der Waals surface area contributed by atoms with Gasteiger partial charge in [0.25, 0.3) is 0 Å². The molecule has 7 nitrogen and oxygen atoms in total. The number of nitrogens with zero attached hydrogens (tertiary/aromatic N) is 5. The number of pyridine rings is 1. The molecule has 2 rings (SSSR count). The summed E-state index contributed by atoms with van der Waals surface area (Å²) in [6, 6.07) is 3.72. The molecule has 0 unspecified atom stereocenters. The number of carboxylic acids is 1. The largest absolute Gasteiger partial charge is 0.479 e. The van der Waals surface area contributed by atoms with E-state index in [0.29, 0.717) is 25.1 Å². The van der Waals surface area contributed by atoms with Gasteiger partial charge in [0.1, 0.15) is 0 Å². The molecule has 2 aromatic rings. The van der Waals surface area contributed by atoms with Crippen LogP contribution in [0.25, 0.3) is 0 Å². The van der Waals surface area contributed by atoms with Crippen molar-refractivity contribution in [3.8, 4) is 0 Å². The van der Waals surface area contributed by atoms with E-state index >= 15 is 0 Å². The molecular formula is C13H17N5O2. The molecule has 0 bridgehead atoms. The van der Waals surface area contributed by atoms with Gasteiger partial charge in [0.05, 0.1) is 0 Å². The maximum absolute atomic E-state index is 11.7. The summed E-state index contributed by atoms with van der Waals surface area (Å²) in [5, 5.41) is 21.1. The minimum absolute atomic E-state index is 0.424. The molecule has 20 heavy (non-hydrogen) atoms. The van der Waals surface area contributed by atoms with Gasteiger partial charge in [-0.25, -0.2) is 9.48 Å². The lowest BCUT2D eigenvalue weighted by Gasteiger charge is -2.27. The number of aromatic nitrogens is 5. The Labute approximate surface area is 116 Å². The SMILES string of the molecule is CCC(CC)(C(=O)O)n1nnnc1Cc1ccncc1. The van der Waals surface area contributed by atoms with Crippen molar-refractivity contribution in [3.05, 3.63) is 35.9 Å². The van der Waals surface area contributed by atoms with Crippen LogP contribution in [0.4, 0.5) is 0 Å². The van der Waals surface area contributed by atoms with Crippen LogP contribution in [0.3, 0.4) is 0 Å². The zero-order chi connectivity index (χ0) is 14.6. The Morgan fingerprint density at radius 2 is 1.95 bits per heavy atom. The number of hydrogen-bond donors (Lipinski definition) is 1. The quantitative estimate of drug-likeness (QED) is 0.853. The standard InChI is InChI=1S/C13H17N5O2/c1-3-13(4-2,12(19)20)18-11(15-16-17-18)9-10-5-7-14-8-6-10/h5-8H,3-4,9H2,1-2H3,(H,19,20). The summed E-state index contributed by atoms with van der Waals surface area (Å²) in [6.07, 6.45) is 4.70. The minimum Gasteiger partial charge on any atom is -0.479 e. The second kappa shape index (κ2) is 5.77. The summed E-state index contributed by atoms with van der Waals surface area (Å²) < 4.78 is 1.44. The van der Waals surface area contributed by atoms with Crippen LogP contribution in [0.5, 0.6) is 0 Å². The number of rotatable bonds is 6. The predicted molar refractivity (Wildman–Crippen MR) is 71.1 cm³/mol. The molecule has 7 heteroatoms. The average molecular weight is 275 g/mol. The predicted octanol–water partition coefficient (Wildman–Crippen LogP) is 1.26. The van der Waals surface area contributed by atoms with Crippen molar-refractivity contribution in [3.63, 3.8) is 0 Å². The van der Waals surface area contributed by atoms with E-state index < -0.39 is 11.5 Å². The highest BCUT2D eigenvalue weighted by atomic mass is 16.4. The molecule has 2 heterocycles. The highest BCUT2D eigenvalue weighted by Crippen LogP contribution is 2.26. The van der Waals surface area contributed by atoms with Gasteiger partial charge in [-0.15, -0.1) is 5.10 Å². The van der Waals surface area contributed by atoms with Crippen molar-refractivity contribution in [2.75, 3.05) is 0 Å². The van der Waals surface area contributed by atoms with Gasteiger partial charge in [-0.05, 0) is 41.0 Å². The van der Waals surface area contributed by atoms with Crippen molar-refractivity contribution in [2.24, 2.45) is 0 Å². The monoisotopic (exact) mass is 275 g/mol. The van der Waals surface area contributed by atoms with Crippen LogP contribution >= 0.6 is 0 Å². The summed E-state index contributed by atoms with van der Waals surface area (Å²) in [7, 11) is 0. The van der Waals surface area contributed by atoms with Gasteiger partial charge in [0.15, 0.2) is 11.4 Å². The van der Waals surface area contributed by atoms with E-state index in [1.165, 1.54) is 4.68 Å². The van der Waals surface area contributed by atoms with Crippen LogP contribution in [0.1, 0.15) is 38.1 Å². The molecule has 0 atom stereocenters. The molecule has 106 valence electrons. The lowest BCUT2D eigenvalue weighted by atomic mass is 9.93. The van der Waals surface area contributed by atoms with Crippen molar-refractivity contribution in [2.45, 2.75) is 38.6 Å². The Bertz CT molecular complexity index is 577. The van der Waals surface area contributed by atoms with E-state index in [1.807, 2.05) is 26.0 Å². The van der Waals surface area contributed by atoms with Gasteiger partial charge in [-0.2, -0.15) is 0 Å². The second-order valence-corrected chi connectivity index (χ2v) is 4.58. The van der Waals surface area contributed by atoms with E-state index in [1.54, 1.807) is 12.4 Å². The van der Waals surface area contributed by atoms with E-state index in [-0.39, 0.29) is 0 Å². The number of hydrogen-bond acceptors (Lipinski definition) is 5. The van der Waals surface area contributed by atoms with Gasteiger partial charge in [-0.1, -0.05) is 13.8 Å². The molecule has 0 aliphatic rings. The summed E-state index contributed by atoms with van der Waals surface area (Å²) in [4.78, 5) is 15.6. The highest BCUT2D eigenvalue weighted by molar-refractivity contribution is 5.76. The third-order valence-electron chi connectivity index (χ3n) is 3.62. The van der Waals surface area contributed by atoms with E-state index in [9.17, 15) is 9.90 Å². The fourth-order valence-corrected chi connectivity index (χ4v) is 2.27. The van der Waals surface area contributed by atoms with Gasteiger partial charge in [0.2, 0.25) is 0 Å². The first-order chi connectivity index (χ1) is 9.64. The third-order valence-corrected chi connectivity index (χ3v) is 3.62. The second-order valence-electron chi connectivity index (χ2n) is 4.58. The Balaban J connectivity index is 2.39. The van der Waals surface area contributed by atoms with Crippen molar-refractivity contribution >= 4 is 5.97 Å². The molecule has 0 saturated heterocycles. The summed E-state index contributed by atoms with van der Waals surface area (Å²) >= 11 is 0. The van der Waals surface area contributed by atoms with Crippen LogP contribution in [0, 0.1) is 0 Å². The van der Waals surface area contributed by atoms with Gasteiger partial charge < -0.3 is 5.11 Å². The molecule has 0 amide bonds. The maximum atomic E-state index is 11.7. The Kier molecular flexibility index (Phi) is 4.07. The summed E-state index contributed by atoms with van der Waals surface area (Å²) in [6.45, 7) is 3.66. The van der Waals surface area contributed by atoms with Crippen molar-refractivity contribution in [1.82, 2.24) is 25.2 Å². The Morgan fingerprint density at radius 1 is 1.30 bits per heavy atom. The lowest BCUT2D eigenvalue weighted by molar-refractivity contribution is -0.148. The first-order valence-corrected chi connectivity index (χ1v) is 6.54. The molecule has 0 aliphatic carbocycles. The Morgan fingerprint density at radius 3 is 2.50 bits per heavy atom. The van der Waals surface area contributed by atoms with Crippen LogP contribution in [-0.2, 0) is 16.8 Å². The van der Waals surface area contributed by atoms with Gasteiger partial charge in [-0.3, -0.25) is 4.98 Å². The zero-order valence-electron chi connectivity index (χ0n) is 11.5. The van der Waals surface area contributed by atoms with Crippen molar-refractivity contribution in [1.29, 1.82) is 0 Å². The summed E-state index contributed by atoms with van der Waals surface area (Å²) in [5.74, 6) is -0.368. The molecule has 0 saturated carbocycles. The zero-order valence-corrected chi connectivity index (χ0v) is 11.5. The number of carboxylic acid groups (broad SMARTS) is 1. The van der Waals surface area contributed by atoms with Crippen LogP contribution in [-0.4, -0.2) is 36.3 Å². The normalized spacial score (nSPS) is 11.5. The Hall–Kier alpha value is -2.31. The third kappa shape index (κ3) is 2.38. The van der Waals surface area contributed by atoms with Crippen molar-refractivity contribution < 1.29 is 9.90 Å². The molecule has 0 fully saturated rings. The van der Waals surface area contributed by atoms with Gasteiger partial charge in [0, 0.05) is 18.8 Å². The minimum atomic E-state index is -1.09. The number of tetrazole rings is 1. The molecular weight excluding hydrogens is 258 g/mol. The van der Waals surface area contributed by atoms with Crippen LogP contribution in [0.2, 0.25) is 0 Å². The molecule has 0 radical (unpaired) electrons. The summed E-state index contributed by atoms with van der Waals surface area (Å²) in [5.41, 5.74) is -0.103. The fourth-order valence-electron chi connectivity index (χ4n) is 2.27. The van der Waals surface area contributed by atoms with E-state index in [2.05, 4.69) is 20.5 Å². The van der Waals surface area contributed by atoms with Crippen LogP contribution < -0.4 is 0 Å². The molecule has 2 aromatic heterocycles. The van der Waals surface area contributed by atoms with E-state index in [0.717, 1.165) is 5.56 Å². The van der Waals surface area contributed by atoms with Gasteiger partial charge >= 0.3 is 5.97 Å². The molecule has 1 N–H and O–H groups in total. The molecule has 0 aliphatic heterocycles. The first kappa shape index (κ1) is 14.1. The highest BCUT2D eigenvalue weighted by Gasteiger charge is 2.40. The number of carbonyl (C=O) groups is 1. The van der Waals surface area contributed by atoms with Crippen LogP contribution in [0.15, 0.2) is 24.5 Å². The smallest absolute Gasteiger partial charge is 0.331 e. The van der Waals surface area contributed by atoms with E-state index in [4.69, 9.17) is 0 Å². The fraction of sp³-hybridized carbons (Fsp3) is 0.462.